The van der Waals surface area contributed by atoms with Crippen LogP contribution >= 0.6 is 15.9 Å². The minimum Gasteiger partial charge on any atom is -0.497 e. The van der Waals surface area contributed by atoms with Crippen molar-refractivity contribution < 1.29 is 33.6 Å². The molecule has 7 nitrogen and oxygen atoms in total. The van der Waals surface area contributed by atoms with Crippen molar-refractivity contribution in [3.05, 3.63) is 65.7 Å². The summed E-state index contributed by atoms with van der Waals surface area (Å²) < 4.78 is 21.7. The van der Waals surface area contributed by atoms with Gasteiger partial charge in [-0.15, -0.1) is 0 Å². The third kappa shape index (κ3) is 5.35. The van der Waals surface area contributed by atoms with Crippen molar-refractivity contribution in [2.75, 3.05) is 12.4 Å². The second kappa shape index (κ2) is 9.87. The number of halogens is 1. The van der Waals surface area contributed by atoms with Gasteiger partial charge in [0.15, 0.2) is 12.4 Å². The van der Waals surface area contributed by atoms with Gasteiger partial charge in [0.2, 0.25) is 0 Å². The van der Waals surface area contributed by atoms with Crippen LogP contribution in [0.15, 0.2) is 54.6 Å². The fraction of sp³-hybridized carbons (Fsp3) is 0.333. The van der Waals surface area contributed by atoms with Crippen LogP contribution in [0.3, 0.4) is 0 Å². The zero-order chi connectivity index (χ0) is 20.8. The summed E-state index contributed by atoms with van der Waals surface area (Å²) >= 11 is 3.30. The van der Waals surface area contributed by atoms with Gasteiger partial charge in [-0.25, -0.2) is 9.59 Å². The zero-order valence-corrected chi connectivity index (χ0v) is 17.3. The van der Waals surface area contributed by atoms with Gasteiger partial charge in [0.05, 0.1) is 18.2 Å². The molecule has 1 fully saturated rings. The maximum atomic E-state index is 12.6. The molecule has 8 heteroatoms. The first-order chi connectivity index (χ1) is 14.0. The molecule has 4 atom stereocenters. The van der Waals surface area contributed by atoms with E-state index in [1.165, 1.54) is 7.11 Å². The minimum absolute atomic E-state index is 0.0157. The number of benzene rings is 2. The van der Waals surface area contributed by atoms with Gasteiger partial charge in [0.25, 0.3) is 0 Å². The number of ether oxygens (including phenoxy) is 4. The molecule has 0 bridgehead atoms. The molecule has 1 aliphatic rings. The Bertz CT molecular complexity index is 825. The van der Waals surface area contributed by atoms with Crippen LogP contribution in [0.5, 0.6) is 5.75 Å². The highest BCUT2D eigenvalue weighted by Crippen LogP contribution is 2.27. The fourth-order valence-corrected chi connectivity index (χ4v) is 3.52. The number of methoxy groups -OCH3 is 1. The molecule has 0 saturated carbocycles. The van der Waals surface area contributed by atoms with E-state index in [0.717, 1.165) is 0 Å². The minimum atomic E-state index is -1.14. The van der Waals surface area contributed by atoms with E-state index < -0.39 is 36.5 Å². The number of alkyl halides is 1. The summed E-state index contributed by atoms with van der Waals surface area (Å²) in [6, 6.07) is 14.9. The Morgan fingerprint density at radius 3 is 2.28 bits per heavy atom. The molecule has 1 aliphatic heterocycles. The highest BCUT2D eigenvalue weighted by atomic mass is 79.9. The number of carbonyl (C=O) groups excluding carboxylic acids is 2. The maximum absolute atomic E-state index is 12.6. The summed E-state index contributed by atoms with van der Waals surface area (Å²) in [4.78, 5) is 25.1. The first-order valence-electron chi connectivity index (χ1n) is 9.02. The molecule has 0 aromatic heterocycles. The van der Waals surface area contributed by atoms with Crippen LogP contribution in [0.4, 0.5) is 0 Å². The lowest BCUT2D eigenvalue weighted by molar-refractivity contribution is -0.225. The average molecular weight is 465 g/mol. The van der Waals surface area contributed by atoms with Crippen molar-refractivity contribution in [3.8, 4) is 5.75 Å². The quantitative estimate of drug-likeness (QED) is 0.518. The first-order valence-corrected chi connectivity index (χ1v) is 10.1. The Morgan fingerprint density at radius 2 is 1.66 bits per heavy atom. The largest absolute Gasteiger partial charge is 0.497 e. The SMILES string of the molecule is COc1ccc(C(=O)O[C@H]2C[C@@H](O)O[C@H](CBr)[C@H]2OC(=O)c2ccccc2)cc1. The van der Waals surface area contributed by atoms with E-state index in [1.807, 2.05) is 0 Å². The molecule has 0 aliphatic carbocycles. The number of aliphatic hydroxyl groups is 1. The van der Waals surface area contributed by atoms with Crippen LogP contribution in [0.1, 0.15) is 27.1 Å². The Labute approximate surface area is 176 Å². The summed E-state index contributed by atoms with van der Waals surface area (Å²) in [5.41, 5.74) is 0.683. The van der Waals surface area contributed by atoms with Crippen LogP contribution < -0.4 is 4.74 Å². The smallest absolute Gasteiger partial charge is 0.338 e. The lowest BCUT2D eigenvalue weighted by Crippen LogP contribution is -2.52. The number of carbonyl (C=O) groups is 2. The summed E-state index contributed by atoms with van der Waals surface area (Å²) in [7, 11) is 1.53. The molecule has 154 valence electrons. The molecule has 2 aromatic carbocycles. The van der Waals surface area contributed by atoms with E-state index in [0.29, 0.717) is 16.9 Å². The molecule has 1 saturated heterocycles. The van der Waals surface area contributed by atoms with E-state index in [9.17, 15) is 14.7 Å². The van der Waals surface area contributed by atoms with Crippen molar-refractivity contribution in [2.45, 2.75) is 31.0 Å². The zero-order valence-electron chi connectivity index (χ0n) is 15.7. The summed E-state index contributed by atoms with van der Waals surface area (Å²) in [5.74, 6) is -0.551. The molecule has 0 amide bonds. The molecular formula is C21H21BrO7. The number of rotatable bonds is 6. The lowest BCUT2D eigenvalue weighted by Gasteiger charge is -2.38. The maximum Gasteiger partial charge on any atom is 0.338 e. The van der Waals surface area contributed by atoms with Crippen LogP contribution in [0.25, 0.3) is 0 Å². The fourth-order valence-electron chi connectivity index (χ4n) is 3.00. The van der Waals surface area contributed by atoms with Crippen LogP contribution in [-0.2, 0) is 14.2 Å². The van der Waals surface area contributed by atoms with E-state index >= 15 is 0 Å². The standard InChI is InChI=1S/C21H21BrO7/c1-26-15-9-7-14(8-10-15)20(24)28-16-11-18(23)27-17(12-22)19(16)29-21(25)13-5-3-2-4-6-13/h2-10,16-19,23H,11-12H2,1H3/t16-,17+,18-,19-/m0/s1. The summed E-state index contributed by atoms with van der Waals surface area (Å²) in [6.45, 7) is 0. The Balaban J connectivity index is 1.76. The van der Waals surface area contributed by atoms with E-state index in [1.54, 1.807) is 54.6 Å². The number of aliphatic hydroxyl groups excluding tert-OH is 1. The van der Waals surface area contributed by atoms with E-state index in [2.05, 4.69) is 15.9 Å². The Morgan fingerprint density at radius 1 is 1.03 bits per heavy atom. The summed E-state index contributed by atoms with van der Waals surface area (Å²) in [5, 5.41) is 10.3. The van der Waals surface area contributed by atoms with Gasteiger partial charge in [0, 0.05) is 11.8 Å². The first kappa shape index (κ1) is 21.3. The highest BCUT2D eigenvalue weighted by molar-refractivity contribution is 9.09. The average Bonchev–Trinajstić information content (AvgIpc) is 2.75. The summed E-state index contributed by atoms with van der Waals surface area (Å²) in [6.07, 6.45) is -3.59. The molecule has 1 N–H and O–H groups in total. The molecule has 1 heterocycles. The van der Waals surface area contributed by atoms with Crippen molar-refractivity contribution in [3.63, 3.8) is 0 Å². The normalized spacial score (nSPS) is 23.8. The van der Waals surface area contributed by atoms with Gasteiger partial charge in [-0.05, 0) is 36.4 Å². The molecule has 2 aromatic rings. The van der Waals surface area contributed by atoms with E-state index in [-0.39, 0.29) is 11.8 Å². The van der Waals surface area contributed by atoms with Gasteiger partial charge in [-0.3, -0.25) is 0 Å². The second-order valence-corrected chi connectivity index (χ2v) is 7.07. The topological polar surface area (TPSA) is 91.3 Å². The van der Waals surface area contributed by atoms with Gasteiger partial charge in [-0.2, -0.15) is 0 Å². The third-order valence-electron chi connectivity index (χ3n) is 4.49. The number of hydrogen-bond acceptors (Lipinski definition) is 7. The van der Waals surface area contributed by atoms with Crippen molar-refractivity contribution in [1.29, 1.82) is 0 Å². The number of esters is 2. The van der Waals surface area contributed by atoms with Gasteiger partial charge < -0.3 is 24.1 Å². The second-order valence-electron chi connectivity index (χ2n) is 6.43. The predicted octanol–water partition coefficient (Wildman–Crippen LogP) is 2.95. The van der Waals surface area contributed by atoms with Gasteiger partial charge >= 0.3 is 11.9 Å². The number of hydrogen-bond donors (Lipinski definition) is 1. The van der Waals surface area contributed by atoms with Crippen molar-refractivity contribution in [1.82, 2.24) is 0 Å². The van der Waals surface area contributed by atoms with Gasteiger partial charge in [-0.1, -0.05) is 34.1 Å². The van der Waals surface area contributed by atoms with E-state index in [4.69, 9.17) is 18.9 Å². The van der Waals surface area contributed by atoms with Crippen LogP contribution in [0, 0.1) is 0 Å². The molecule has 0 radical (unpaired) electrons. The Kier molecular flexibility index (Phi) is 7.24. The molecule has 3 rings (SSSR count). The predicted molar refractivity (Wildman–Crippen MR) is 107 cm³/mol. The molecule has 29 heavy (non-hydrogen) atoms. The molecule has 0 unspecified atom stereocenters. The molecular weight excluding hydrogens is 444 g/mol. The highest BCUT2D eigenvalue weighted by Gasteiger charge is 2.43. The third-order valence-corrected chi connectivity index (χ3v) is 5.13. The molecule has 0 spiro atoms. The van der Waals surface area contributed by atoms with Crippen molar-refractivity contribution in [2.24, 2.45) is 0 Å². The van der Waals surface area contributed by atoms with Crippen LogP contribution in [0.2, 0.25) is 0 Å². The van der Waals surface area contributed by atoms with Crippen molar-refractivity contribution >= 4 is 27.9 Å². The monoisotopic (exact) mass is 464 g/mol. The van der Waals surface area contributed by atoms with Crippen LogP contribution in [-0.4, -0.2) is 54.1 Å². The lowest BCUT2D eigenvalue weighted by atomic mass is 10.0. The Hall–Kier alpha value is -2.42. The van der Waals surface area contributed by atoms with Gasteiger partial charge in [0.1, 0.15) is 18.0 Å².